The van der Waals surface area contributed by atoms with Crippen LogP contribution in [0.25, 0.3) is 0 Å². The van der Waals surface area contributed by atoms with E-state index in [1.807, 2.05) is 32.2 Å². The van der Waals surface area contributed by atoms with Crippen LogP contribution < -0.4 is 0 Å². The minimum atomic E-state index is -0.0793. The molecule has 19 heavy (non-hydrogen) atoms. The van der Waals surface area contributed by atoms with Crippen molar-refractivity contribution in [3.8, 4) is 0 Å². The second-order valence-electron chi connectivity index (χ2n) is 4.52. The fourth-order valence-electron chi connectivity index (χ4n) is 1.79. The Morgan fingerprint density at radius 1 is 1.47 bits per heavy atom. The van der Waals surface area contributed by atoms with E-state index in [0.717, 1.165) is 4.90 Å². The molecule has 106 valence electrons. The first kappa shape index (κ1) is 16.3. The van der Waals surface area contributed by atoms with Crippen LogP contribution in [0, 0.1) is 0 Å². The molecule has 1 aromatic carbocycles. The maximum Gasteiger partial charge on any atom is 0.255 e. The van der Waals surface area contributed by atoms with E-state index in [4.69, 9.17) is 16.7 Å². The van der Waals surface area contributed by atoms with Gasteiger partial charge in [0.25, 0.3) is 5.91 Å². The number of carbonyl (C=O) groups is 1. The number of hydrogen-bond donors (Lipinski definition) is 1. The highest BCUT2D eigenvalue weighted by Crippen LogP contribution is 2.24. The summed E-state index contributed by atoms with van der Waals surface area (Å²) < 4.78 is 0. The number of amides is 1. The van der Waals surface area contributed by atoms with Gasteiger partial charge in [-0.3, -0.25) is 4.79 Å². The van der Waals surface area contributed by atoms with Gasteiger partial charge >= 0.3 is 0 Å². The average Bonchev–Trinajstić information content (AvgIpc) is 2.39. The smallest absolute Gasteiger partial charge is 0.255 e. The molecule has 1 N–H and O–H groups in total. The molecular formula is C14H20ClNO2S. The van der Waals surface area contributed by atoms with Gasteiger partial charge in [0, 0.05) is 24.1 Å². The molecule has 0 saturated carbocycles. The highest BCUT2D eigenvalue weighted by Gasteiger charge is 2.20. The van der Waals surface area contributed by atoms with Gasteiger partial charge < -0.3 is 10.0 Å². The zero-order valence-corrected chi connectivity index (χ0v) is 13.1. The standard InChI is InChI=1S/C14H20ClNO2S/c1-10(2)16(7-4-8-17)14(18)12-9-11(19-3)5-6-13(12)15/h5-6,9-10,17H,4,7-8H2,1-3H3. The Balaban J connectivity index is 3.01. The second-order valence-corrected chi connectivity index (χ2v) is 5.80. The zero-order chi connectivity index (χ0) is 14.4. The van der Waals surface area contributed by atoms with Crippen LogP contribution in [0.4, 0.5) is 0 Å². The fraction of sp³-hybridized carbons (Fsp3) is 0.500. The van der Waals surface area contributed by atoms with Crippen molar-refractivity contribution in [3.63, 3.8) is 0 Å². The lowest BCUT2D eigenvalue weighted by molar-refractivity contribution is 0.0693. The third-order valence-corrected chi connectivity index (χ3v) is 3.90. The van der Waals surface area contributed by atoms with Crippen molar-refractivity contribution in [2.24, 2.45) is 0 Å². The van der Waals surface area contributed by atoms with Gasteiger partial charge in [-0.1, -0.05) is 11.6 Å². The van der Waals surface area contributed by atoms with Gasteiger partial charge in [0.1, 0.15) is 0 Å². The number of aliphatic hydroxyl groups is 1. The molecule has 1 aromatic rings. The fourth-order valence-corrected chi connectivity index (χ4v) is 2.42. The molecule has 5 heteroatoms. The Hall–Kier alpha value is -0.710. The van der Waals surface area contributed by atoms with Crippen molar-refractivity contribution in [2.45, 2.75) is 31.2 Å². The van der Waals surface area contributed by atoms with Crippen molar-refractivity contribution < 1.29 is 9.90 Å². The van der Waals surface area contributed by atoms with Crippen molar-refractivity contribution in [1.82, 2.24) is 4.90 Å². The molecule has 0 aliphatic rings. The lowest BCUT2D eigenvalue weighted by atomic mass is 10.1. The summed E-state index contributed by atoms with van der Waals surface area (Å²) >= 11 is 7.70. The summed E-state index contributed by atoms with van der Waals surface area (Å²) in [6.07, 6.45) is 2.53. The monoisotopic (exact) mass is 301 g/mol. The normalized spacial score (nSPS) is 10.8. The van der Waals surface area contributed by atoms with Crippen LogP contribution in [0.3, 0.4) is 0 Å². The molecule has 0 fully saturated rings. The van der Waals surface area contributed by atoms with Crippen LogP contribution in [0.1, 0.15) is 30.6 Å². The average molecular weight is 302 g/mol. The second kappa shape index (κ2) is 7.78. The first-order chi connectivity index (χ1) is 9.01. The van der Waals surface area contributed by atoms with Crippen LogP contribution in [0.2, 0.25) is 5.02 Å². The van der Waals surface area contributed by atoms with E-state index in [2.05, 4.69) is 0 Å². The van der Waals surface area contributed by atoms with Crippen LogP contribution in [0.5, 0.6) is 0 Å². The molecule has 0 bridgehead atoms. The summed E-state index contributed by atoms with van der Waals surface area (Å²) in [5, 5.41) is 9.39. The van der Waals surface area contributed by atoms with Gasteiger partial charge in [-0.25, -0.2) is 0 Å². The van der Waals surface area contributed by atoms with E-state index in [1.54, 1.807) is 22.7 Å². The quantitative estimate of drug-likeness (QED) is 0.820. The van der Waals surface area contributed by atoms with E-state index < -0.39 is 0 Å². The Kier molecular flexibility index (Phi) is 6.69. The largest absolute Gasteiger partial charge is 0.396 e. The molecule has 0 unspecified atom stereocenters. The number of nitrogens with zero attached hydrogens (tertiary/aromatic N) is 1. The summed E-state index contributed by atoms with van der Waals surface area (Å²) in [5.74, 6) is -0.0793. The lowest BCUT2D eigenvalue weighted by Gasteiger charge is -2.27. The zero-order valence-electron chi connectivity index (χ0n) is 11.5. The molecule has 0 aromatic heterocycles. The van der Waals surface area contributed by atoms with Gasteiger partial charge in [-0.05, 0) is 44.7 Å². The molecule has 0 spiro atoms. The Labute approximate surface area is 123 Å². The van der Waals surface area contributed by atoms with Gasteiger partial charge in [0.2, 0.25) is 0 Å². The number of aliphatic hydroxyl groups excluding tert-OH is 1. The van der Waals surface area contributed by atoms with Gasteiger partial charge in [-0.15, -0.1) is 11.8 Å². The number of thioether (sulfide) groups is 1. The Morgan fingerprint density at radius 3 is 2.68 bits per heavy atom. The van der Waals surface area contributed by atoms with Crippen LogP contribution >= 0.6 is 23.4 Å². The van der Waals surface area contributed by atoms with E-state index in [1.165, 1.54) is 0 Å². The van der Waals surface area contributed by atoms with E-state index in [0.29, 0.717) is 23.6 Å². The summed E-state index contributed by atoms with van der Waals surface area (Å²) in [7, 11) is 0. The van der Waals surface area contributed by atoms with Crippen molar-refractivity contribution in [3.05, 3.63) is 28.8 Å². The first-order valence-corrected chi connectivity index (χ1v) is 7.87. The molecule has 3 nitrogen and oxygen atoms in total. The lowest BCUT2D eigenvalue weighted by Crippen LogP contribution is -2.38. The maximum absolute atomic E-state index is 12.5. The summed E-state index contributed by atoms with van der Waals surface area (Å²) in [6.45, 7) is 4.53. The topological polar surface area (TPSA) is 40.5 Å². The third kappa shape index (κ3) is 4.41. The molecular weight excluding hydrogens is 282 g/mol. The number of carbonyl (C=O) groups excluding carboxylic acids is 1. The number of halogens is 1. The van der Waals surface area contributed by atoms with Crippen LogP contribution in [-0.2, 0) is 0 Å². The number of hydrogen-bond acceptors (Lipinski definition) is 3. The van der Waals surface area contributed by atoms with Crippen LogP contribution in [-0.4, -0.2) is 41.4 Å². The van der Waals surface area contributed by atoms with Crippen molar-refractivity contribution >= 4 is 29.3 Å². The first-order valence-electron chi connectivity index (χ1n) is 6.26. The molecule has 0 heterocycles. The molecule has 1 amide bonds. The van der Waals surface area contributed by atoms with Gasteiger partial charge in [-0.2, -0.15) is 0 Å². The van der Waals surface area contributed by atoms with Gasteiger partial charge in [0.15, 0.2) is 0 Å². The van der Waals surface area contributed by atoms with E-state index >= 15 is 0 Å². The Morgan fingerprint density at radius 2 is 2.16 bits per heavy atom. The molecule has 0 aliphatic heterocycles. The predicted octanol–water partition coefficient (Wildman–Crippen LogP) is 3.29. The minimum absolute atomic E-state index is 0.0769. The minimum Gasteiger partial charge on any atom is -0.396 e. The molecule has 0 saturated heterocycles. The third-order valence-electron chi connectivity index (χ3n) is 2.85. The van der Waals surface area contributed by atoms with Crippen molar-refractivity contribution in [2.75, 3.05) is 19.4 Å². The summed E-state index contributed by atoms with van der Waals surface area (Å²) in [6, 6.07) is 5.56. The molecule has 0 atom stereocenters. The van der Waals surface area contributed by atoms with Crippen molar-refractivity contribution in [1.29, 1.82) is 0 Å². The highest BCUT2D eigenvalue weighted by molar-refractivity contribution is 7.98. The Bertz CT molecular complexity index is 437. The molecule has 0 aliphatic carbocycles. The summed E-state index contributed by atoms with van der Waals surface area (Å²) in [4.78, 5) is 15.3. The van der Waals surface area contributed by atoms with Crippen LogP contribution in [0.15, 0.2) is 23.1 Å². The molecule has 0 radical (unpaired) electrons. The van der Waals surface area contributed by atoms with E-state index in [9.17, 15) is 4.79 Å². The highest BCUT2D eigenvalue weighted by atomic mass is 35.5. The number of rotatable bonds is 6. The summed E-state index contributed by atoms with van der Waals surface area (Å²) in [5.41, 5.74) is 0.528. The SMILES string of the molecule is CSc1ccc(Cl)c(C(=O)N(CCCO)C(C)C)c1. The molecule has 1 rings (SSSR count). The number of benzene rings is 1. The maximum atomic E-state index is 12.5. The van der Waals surface area contributed by atoms with E-state index in [-0.39, 0.29) is 18.6 Å². The van der Waals surface area contributed by atoms with Gasteiger partial charge in [0.05, 0.1) is 10.6 Å². The predicted molar refractivity (Wildman–Crippen MR) is 81.1 cm³/mol.